The van der Waals surface area contributed by atoms with E-state index in [-0.39, 0.29) is 12.8 Å². The molecule has 2 nitrogen and oxygen atoms in total. The van der Waals surface area contributed by atoms with E-state index in [1.54, 1.807) is 19.2 Å². The number of halogens is 3. The van der Waals surface area contributed by atoms with Gasteiger partial charge in [0.15, 0.2) is 0 Å². The van der Waals surface area contributed by atoms with E-state index in [0.717, 1.165) is 28.8 Å². The molecule has 0 spiro atoms. The second kappa shape index (κ2) is 5.80. The summed E-state index contributed by atoms with van der Waals surface area (Å²) in [6, 6.07) is 13.0. The first kappa shape index (κ1) is 16.5. The van der Waals surface area contributed by atoms with Crippen molar-refractivity contribution in [1.82, 2.24) is 0 Å². The van der Waals surface area contributed by atoms with E-state index in [2.05, 4.69) is 0 Å². The first-order valence-electron chi connectivity index (χ1n) is 8.30. The van der Waals surface area contributed by atoms with E-state index in [0.29, 0.717) is 17.3 Å². The molecule has 1 heterocycles. The first-order valence-corrected chi connectivity index (χ1v) is 8.67. The van der Waals surface area contributed by atoms with Gasteiger partial charge in [-0.3, -0.25) is 4.99 Å². The third-order valence-corrected chi connectivity index (χ3v) is 5.45. The average Bonchev–Trinajstić information content (AvgIpc) is 2.59. The summed E-state index contributed by atoms with van der Waals surface area (Å²) in [5.74, 6) is -1.95. The van der Waals surface area contributed by atoms with Gasteiger partial charge in [-0.05, 0) is 41.8 Å². The number of fused-ring (bicyclic) bond motifs is 1. The molecule has 2 aromatic rings. The summed E-state index contributed by atoms with van der Waals surface area (Å²) in [6.07, 6.45) is 0.365. The molecule has 5 heteroatoms. The van der Waals surface area contributed by atoms with Crippen LogP contribution in [0.3, 0.4) is 0 Å². The summed E-state index contributed by atoms with van der Waals surface area (Å²) in [5, 5.41) is 0.595. The standard InChI is InChI=1S/C20H18ClF2NO/c1-25-16-7-2-13-8-9-24-18(17(13)10-16)19(11-20(22,23)12-19)14-3-5-15(21)6-4-14/h2-7,10H,8-9,11-12H2,1H3. The zero-order valence-electron chi connectivity index (χ0n) is 13.9. The molecule has 2 aromatic carbocycles. The predicted molar refractivity (Wildman–Crippen MR) is 95.4 cm³/mol. The number of methoxy groups -OCH3 is 1. The lowest BCUT2D eigenvalue weighted by Gasteiger charge is -2.49. The molecule has 0 N–H and O–H groups in total. The molecule has 0 aromatic heterocycles. The Kier molecular flexibility index (Phi) is 3.84. The molecule has 0 saturated heterocycles. The van der Waals surface area contributed by atoms with Crippen LogP contribution in [0.1, 0.15) is 29.5 Å². The van der Waals surface area contributed by atoms with Crippen molar-refractivity contribution < 1.29 is 13.5 Å². The topological polar surface area (TPSA) is 21.6 Å². The Morgan fingerprint density at radius 2 is 1.80 bits per heavy atom. The highest BCUT2D eigenvalue weighted by atomic mass is 35.5. The minimum atomic E-state index is -2.67. The van der Waals surface area contributed by atoms with Gasteiger partial charge in [0.2, 0.25) is 0 Å². The summed E-state index contributed by atoms with van der Waals surface area (Å²) < 4.78 is 33.3. The molecule has 4 rings (SSSR count). The van der Waals surface area contributed by atoms with Crippen LogP contribution in [0.5, 0.6) is 5.75 Å². The van der Waals surface area contributed by atoms with Crippen LogP contribution < -0.4 is 4.74 Å². The summed E-state index contributed by atoms with van der Waals surface area (Å²) in [5.41, 5.74) is 2.89. The van der Waals surface area contributed by atoms with Crippen molar-refractivity contribution in [3.63, 3.8) is 0 Å². The van der Waals surface area contributed by atoms with E-state index in [1.807, 2.05) is 30.3 Å². The summed E-state index contributed by atoms with van der Waals surface area (Å²) in [4.78, 5) is 4.70. The molecule has 1 aliphatic carbocycles. The molecular formula is C20H18ClF2NO. The Morgan fingerprint density at radius 3 is 2.44 bits per heavy atom. The lowest BCUT2D eigenvalue weighted by atomic mass is 9.57. The van der Waals surface area contributed by atoms with Gasteiger partial charge in [0.1, 0.15) is 5.75 Å². The number of alkyl halides is 2. The highest BCUT2D eigenvalue weighted by Crippen LogP contribution is 2.56. The Bertz CT molecular complexity index is 837. The van der Waals surface area contributed by atoms with E-state index in [9.17, 15) is 8.78 Å². The lowest BCUT2D eigenvalue weighted by Crippen LogP contribution is -2.55. The second-order valence-corrected chi connectivity index (χ2v) is 7.24. The van der Waals surface area contributed by atoms with Crippen LogP contribution in [-0.2, 0) is 11.8 Å². The zero-order chi connectivity index (χ0) is 17.7. The van der Waals surface area contributed by atoms with Crippen molar-refractivity contribution in [2.75, 3.05) is 13.7 Å². The quantitative estimate of drug-likeness (QED) is 0.748. The van der Waals surface area contributed by atoms with Crippen LogP contribution in [0, 0.1) is 0 Å². The van der Waals surface area contributed by atoms with Gasteiger partial charge in [-0.1, -0.05) is 29.8 Å². The van der Waals surface area contributed by atoms with Gasteiger partial charge in [0, 0.05) is 35.4 Å². The molecule has 0 amide bonds. The normalized spacial score (nSPS) is 20.2. The molecule has 0 atom stereocenters. The maximum absolute atomic E-state index is 14.0. The van der Waals surface area contributed by atoms with Crippen LogP contribution in [0.2, 0.25) is 5.02 Å². The number of hydrogen-bond acceptors (Lipinski definition) is 2. The molecule has 1 saturated carbocycles. The number of benzene rings is 2. The van der Waals surface area contributed by atoms with Crippen molar-refractivity contribution in [3.05, 3.63) is 64.2 Å². The van der Waals surface area contributed by atoms with Gasteiger partial charge >= 0.3 is 0 Å². The molecule has 0 radical (unpaired) electrons. The third-order valence-electron chi connectivity index (χ3n) is 5.19. The van der Waals surface area contributed by atoms with Crippen LogP contribution in [0.4, 0.5) is 8.78 Å². The monoisotopic (exact) mass is 361 g/mol. The van der Waals surface area contributed by atoms with E-state index in [1.165, 1.54) is 0 Å². The Labute approximate surface area is 150 Å². The number of nitrogens with zero attached hydrogens (tertiary/aromatic N) is 1. The Morgan fingerprint density at radius 1 is 1.08 bits per heavy atom. The molecule has 2 aliphatic rings. The zero-order valence-corrected chi connectivity index (χ0v) is 14.6. The largest absolute Gasteiger partial charge is 0.497 e. The van der Waals surface area contributed by atoms with Crippen LogP contribution >= 0.6 is 11.6 Å². The fourth-order valence-corrected chi connectivity index (χ4v) is 4.14. The fourth-order valence-electron chi connectivity index (χ4n) is 4.01. The van der Waals surface area contributed by atoms with Gasteiger partial charge in [-0.2, -0.15) is 0 Å². The first-order chi connectivity index (χ1) is 11.9. The minimum absolute atomic E-state index is 0.225. The molecular weight excluding hydrogens is 344 g/mol. The van der Waals surface area contributed by atoms with Crippen molar-refractivity contribution >= 4 is 17.3 Å². The fraction of sp³-hybridized carbons (Fsp3) is 0.350. The predicted octanol–water partition coefficient (Wildman–Crippen LogP) is 5.06. The maximum atomic E-state index is 14.0. The van der Waals surface area contributed by atoms with Crippen LogP contribution in [0.25, 0.3) is 0 Å². The smallest absolute Gasteiger partial charge is 0.250 e. The van der Waals surface area contributed by atoms with Gasteiger partial charge in [-0.15, -0.1) is 0 Å². The summed E-state index contributed by atoms with van der Waals surface area (Å²) in [7, 11) is 1.60. The van der Waals surface area contributed by atoms with Gasteiger partial charge < -0.3 is 4.74 Å². The minimum Gasteiger partial charge on any atom is -0.497 e. The second-order valence-electron chi connectivity index (χ2n) is 6.80. The SMILES string of the molecule is COc1ccc2c(c1)C(C1(c3ccc(Cl)cc3)CC(F)(F)C1)=NCC2. The molecule has 130 valence electrons. The van der Waals surface area contributed by atoms with Crippen molar-refractivity contribution in [2.45, 2.75) is 30.6 Å². The van der Waals surface area contributed by atoms with Gasteiger partial charge in [0.05, 0.1) is 12.8 Å². The molecule has 25 heavy (non-hydrogen) atoms. The summed E-state index contributed by atoms with van der Waals surface area (Å²) in [6.45, 7) is 0.621. The van der Waals surface area contributed by atoms with E-state index in [4.69, 9.17) is 21.3 Å². The maximum Gasteiger partial charge on any atom is 0.250 e. The Balaban J connectivity index is 1.85. The highest BCUT2D eigenvalue weighted by molar-refractivity contribution is 6.30. The van der Waals surface area contributed by atoms with Gasteiger partial charge in [-0.25, -0.2) is 8.78 Å². The summed E-state index contributed by atoms with van der Waals surface area (Å²) >= 11 is 5.99. The number of ether oxygens (including phenoxy) is 1. The molecule has 0 unspecified atom stereocenters. The molecule has 0 bridgehead atoms. The van der Waals surface area contributed by atoms with Crippen molar-refractivity contribution in [2.24, 2.45) is 4.99 Å². The number of aliphatic imine (C=N–C) groups is 1. The average molecular weight is 362 g/mol. The number of rotatable bonds is 3. The van der Waals surface area contributed by atoms with E-state index >= 15 is 0 Å². The van der Waals surface area contributed by atoms with Crippen LogP contribution in [0.15, 0.2) is 47.5 Å². The van der Waals surface area contributed by atoms with Crippen LogP contribution in [-0.4, -0.2) is 25.3 Å². The van der Waals surface area contributed by atoms with E-state index < -0.39 is 11.3 Å². The number of hydrogen-bond donors (Lipinski definition) is 0. The highest BCUT2D eigenvalue weighted by Gasteiger charge is 2.60. The molecule has 1 fully saturated rings. The van der Waals surface area contributed by atoms with Crippen molar-refractivity contribution in [3.8, 4) is 5.75 Å². The lowest BCUT2D eigenvalue weighted by molar-refractivity contribution is -0.105. The molecule has 1 aliphatic heterocycles. The van der Waals surface area contributed by atoms with Crippen molar-refractivity contribution in [1.29, 1.82) is 0 Å². The third kappa shape index (κ3) is 2.73. The van der Waals surface area contributed by atoms with Gasteiger partial charge in [0.25, 0.3) is 5.92 Å². The Hall–Kier alpha value is -1.94.